The van der Waals surface area contributed by atoms with Gasteiger partial charge in [0.25, 0.3) is 0 Å². The lowest BCUT2D eigenvalue weighted by atomic mass is 10.4. The molecule has 0 bridgehead atoms. The van der Waals surface area contributed by atoms with Gasteiger partial charge in [0.1, 0.15) is 0 Å². The highest BCUT2D eigenvalue weighted by atomic mass is 16.5. The van der Waals surface area contributed by atoms with Crippen LogP contribution in [-0.4, -0.2) is 35.7 Å². The second-order valence-corrected chi connectivity index (χ2v) is 3.48. The molecule has 0 aromatic carbocycles. The zero-order chi connectivity index (χ0) is 12.0. The van der Waals surface area contributed by atoms with Crippen molar-refractivity contribution in [1.82, 2.24) is 15.0 Å². The normalized spacial score (nSPS) is 10.0. The van der Waals surface area contributed by atoms with E-state index in [0.717, 1.165) is 12.8 Å². The number of nitrogens with one attached hydrogen (secondary N) is 1. The summed E-state index contributed by atoms with van der Waals surface area (Å²) < 4.78 is 5.40. The van der Waals surface area contributed by atoms with E-state index in [-0.39, 0.29) is 0 Å². The summed E-state index contributed by atoms with van der Waals surface area (Å²) in [6.45, 7) is 2.69. The zero-order valence-corrected chi connectivity index (χ0v) is 9.90. The Bertz CT molecular complexity index is 330. The van der Waals surface area contributed by atoms with Gasteiger partial charge in [-0.1, -0.05) is 13.3 Å². The van der Waals surface area contributed by atoms with Crippen molar-refractivity contribution in [3.05, 3.63) is 0 Å². The highest BCUT2D eigenvalue weighted by molar-refractivity contribution is 5.35. The van der Waals surface area contributed by atoms with Crippen molar-refractivity contribution in [3.63, 3.8) is 0 Å². The molecule has 3 N–H and O–H groups in total. The first kappa shape index (κ1) is 12.4. The fraction of sp³-hybridized carbons (Fsp3) is 0.667. The molecule has 0 aliphatic carbocycles. The van der Waals surface area contributed by atoms with Gasteiger partial charge in [0, 0.05) is 14.1 Å². The van der Waals surface area contributed by atoms with E-state index in [1.807, 2.05) is 14.1 Å². The topological polar surface area (TPSA) is 89.2 Å². The number of aromatic nitrogens is 3. The van der Waals surface area contributed by atoms with Crippen molar-refractivity contribution < 1.29 is 4.74 Å². The molecule has 0 aliphatic heterocycles. The van der Waals surface area contributed by atoms with E-state index in [1.54, 1.807) is 4.90 Å². The summed E-state index contributed by atoms with van der Waals surface area (Å²) in [6, 6.07) is 0.292. The molecular weight excluding hydrogens is 208 g/mol. The Morgan fingerprint density at radius 2 is 2.06 bits per heavy atom. The lowest BCUT2D eigenvalue weighted by Gasteiger charge is -2.12. The predicted molar refractivity (Wildman–Crippen MR) is 62.4 cm³/mol. The van der Waals surface area contributed by atoms with Gasteiger partial charge >= 0.3 is 6.01 Å². The largest absolute Gasteiger partial charge is 0.463 e. The van der Waals surface area contributed by atoms with Gasteiger partial charge in [0.05, 0.1) is 6.61 Å². The van der Waals surface area contributed by atoms with E-state index in [9.17, 15) is 0 Å². The van der Waals surface area contributed by atoms with Crippen molar-refractivity contribution in [3.8, 4) is 6.01 Å². The average Bonchev–Trinajstić information content (AvgIpc) is 2.29. The molecular formula is C9H18N6O. The lowest BCUT2D eigenvalue weighted by molar-refractivity contribution is 0.285. The third kappa shape index (κ3) is 3.50. The summed E-state index contributed by atoms with van der Waals surface area (Å²) in [5, 5.41) is 0. The second-order valence-electron chi connectivity index (χ2n) is 3.48. The number of hydrogen-bond donors (Lipinski definition) is 2. The minimum absolute atomic E-state index is 0.292. The predicted octanol–water partition coefficient (Wildman–Crippen LogP) is 0.402. The fourth-order valence-electron chi connectivity index (χ4n) is 0.983. The van der Waals surface area contributed by atoms with Gasteiger partial charge in [0.2, 0.25) is 11.9 Å². The molecule has 0 saturated carbocycles. The summed E-state index contributed by atoms with van der Waals surface area (Å²) >= 11 is 0. The zero-order valence-electron chi connectivity index (χ0n) is 9.90. The highest BCUT2D eigenvalue weighted by Crippen LogP contribution is 2.12. The molecule has 0 radical (unpaired) electrons. The van der Waals surface area contributed by atoms with E-state index in [0.29, 0.717) is 24.5 Å². The maximum Gasteiger partial charge on any atom is 0.323 e. The Balaban J connectivity index is 2.78. The first-order valence-electron chi connectivity index (χ1n) is 5.20. The quantitative estimate of drug-likeness (QED) is 0.412. The summed E-state index contributed by atoms with van der Waals surface area (Å²) in [7, 11) is 3.68. The molecule has 7 nitrogen and oxygen atoms in total. The van der Waals surface area contributed by atoms with Crippen LogP contribution in [0.5, 0.6) is 6.01 Å². The molecule has 1 aromatic heterocycles. The minimum atomic E-state index is 0.292. The SMILES string of the molecule is CCCCOc1nc(NN)nc(N(C)C)n1. The smallest absolute Gasteiger partial charge is 0.323 e. The van der Waals surface area contributed by atoms with Crippen LogP contribution in [0.3, 0.4) is 0 Å². The molecule has 0 saturated heterocycles. The van der Waals surface area contributed by atoms with Crippen LogP contribution in [0.15, 0.2) is 0 Å². The number of nitrogens with two attached hydrogens (primary N) is 1. The molecule has 0 spiro atoms. The van der Waals surface area contributed by atoms with Crippen molar-refractivity contribution in [1.29, 1.82) is 0 Å². The molecule has 0 unspecified atom stereocenters. The van der Waals surface area contributed by atoms with E-state index in [4.69, 9.17) is 10.6 Å². The maximum absolute atomic E-state index is 5.40. The highest BCUT2D eigenvalue weighted by Gasteiger charge is 2.07. The molecule has 16 heavy (non-hydrogen) atoms. The van der Waals surface area contributed by atoms with Crippen molar-refractivity contribution in [2.24, 2.45) is 5.84 Å². The third-order valence-corrected chi connectivity index (χ3v) is 1.86. The monoisotopic (exact) mass is 226 g/mol. The van der Waals surface area contributed by atoms with Gasteiger partial charge in [-0.15, -0.1) is 0 Å². The Morgan fingerprint density at radius 3 is 2.62 bits per heavy atom. The van der Waals surface area contributed by atoms with Crippen LogP contribution in [0.2, 0.25) is 0 Å². The number of anilines is 2. The number of nitrogens with zero attached hydrogens (tertiary/aromatic N) is 4. The second kappa shape index (κ2) is 6.06. The molecule has 90 valence electrons. The Morgan fingerprint density at radius 1 is 1.31 bits per heavy atom. The van der Waals surface area contributed by atoms with Crippen LogP contribution < -0.4 is 20.9 Å². The standard InChI is InChI=1S/C9H18N6O/c1-4-5-6-16-9-12-7(14-10)11-8(13-9)15(2)3/h4-6,10H2,1-3H3,(H,11,12,13,14). The van der Waals surface area contributed by atoms with E-state index < -0.39 is 0 Å². The molecule has 0 amide bonds. The number of hydrazine groups is 1. The van der Waals surface area contributed by atoms with E-state index in [1.165, 1.54) is 0 Å². The van der Waals surface area contributed by atoms with E-state index in [2.05, 4.69) is 27.3 Å². The van der Waals surface area contributed by atoms with Gasteiger partial charge in [-0.3, -0.25) is 5.43 Å². The Hall–Kier alpha value is -1.63. The Labute approximate surface area is 95.0 Å². The van der Waals surface area contributed by atoms with Crippen LogP contribution in [-0.2, 0) is 0 Å². The van der Waals surface area contributed by atoms with Gasteiger partial charge in [-0.05, 0) is 6.42 Å². The van der Waals surface area contributed by atoms with Gasteiger partial charge in [0.15, 0.2) is 0 Å². The summed E-state index contributed by atoms with van der Waals surface area (Å²) in [5.74, 6) is 6.07. The Kier molecular flexibility index (Phi) is 4.71. The lowest BCUT2D eigenvalue weighted by Crippen LogP contribution is -2.18. The minimum Gasteiger partial charge on any atom is -0.463 e. The molecule has 1 aromatic rings. The van der Waals surface area contributed by atoms with Gasteiger partial charge in [-0.2, -0.15) is 15.0 Å². The van der Waals surface area contributed by atoms with Crippen LogP contribution in [0, 0.1) is 0 Å². The molecule has 0 atom stereocenters. The van der Waals surface area contributed by atoms with Gasteiger partial charge < -0.3 is 9.64 Å². The summed E-state index contributed by atoms with van der Waals surface area (Å²) in [5.41, 5.74) is 2.38. The number of ether oxygens (including phenoxy) is 1. The van der Waals surface area contributed by atoms with Crippen LogP contribution >= 0.6 is 0 Å². The molecule has 7 heteroatoms. The van der Waals surface area contributed by atoms with Gasteiger partial charge in [-0.25, -0.2) is 5.84 Å². The molecule has 0 aliphatic rings. The first-order chi connectivity index (χ1) is 7.67. The van der Waals surface area contributed by atoms with Crippen LogP contribution in [0.1, 0.15) is 19.8 Å². The molecule has 1 rings (SSSR count). The number of hydrogen-bond acceptors (Lipinski definition) is 7. The van der Waals surface area contributed by atoms with Crippen molar-refractivity contribution in [2.45, 2.75) is 19.8 Å². The fourth-order valence-corrected chi connectivity index (χ4v) is 0.983. The summed E-state index contributed by atoms with van der Waals surface area (Å²) in [6.07, 6.45) is 2.03. The van der Waals surface area contributed by atoms with Crippen molar-refractivity contribution >= 4 is 11.9 Å². The average molecular weight is 226 g/mol. The molecule has 1 heterocycles. The number of nitrogen functional groups attached to an aromatic ring is 1. The third-order valence-electron chi connectivity index (χ3n) is 1.86. The maximum atomic E-state index is 5.40. The number of rotatable bonds is 6. The van der Waals surface area contributed by atoms with E-state index >= 15 is 0 Å². The summed E-state index contributed by atoms with van der Waals surface area (Å²) in [4.78, 5) is 14.0. The first-order valence-corrected chi connectivity index (χ1v) is 5.20. The van der Waals surface area contributed by atoms with Crippen molar-refractivity contribution in [2.75, 3.05) is 31.0 Å². The van der Waals surface area contributed by atoms with Crippen LogP contribution in [0.25, 0.3) is 0 Å². The number of unbranched alkanes of at least 4 members (excludes halogenated alkanes) is 1. The van der Waals surface area contributed by atoms with Crippen LogP contribution in [0.4, 0.5) is 11.9 Å². The molecule has 0 fully saturated rings.